The fraction of sp³-hybridized carbons (Fsp3) is 0.143. The number of carbonyl (C=O) groups is 2. The second kappa shape index (κ2) is 8.73. The molecule has 0 bridgehead atoms. The zero-order chi connectivity index (χ0) is 21.1. The number of anilines is 2. The monoisotopic (exact) mass is 440 g/mol. The third-order valence-electron chi connectivity index (χ3n) is 4.60. The number of hydrogen-bond acceptors (Lipinski definition) is 5. The summed E-state index contributed by atoms with van der Waals surface area (Å²) >= 11 is 7.44. The minimum Gasteiger partial charge on any atom is -0.324 e. The van der Waals surface area contributed by atoms with Crippen LogP contribution in [0, 0.1) is 0 Å². The largest absolute Gasteiger partial charge is 0.324 e. The lowest BCUT2D eigenvalue weighted by atomic mass is 9.92. The van der Waals surface area contributed by atoms with Crippen LogP contribution in [-0.4, -0.2) is 21.8 Å². The Morgan fingerprint density at radius 3 is 2.63 bits per heavy atom. The van der Waals surface area contributed by atoms with Crippen LogP contribution in [-0.2, 0) is 15.3 Å². The van der Waals surface area contributed by atoms with Crippen LogP contribution in [0.3, 0.4) is 0 Å². The summed E-state index contributed by atoms with van der Waals surface area (Å²) in [6.45, 7) is 0. The molecule has 0 saturated heterocycles. The Morgan fingerprint density at radius 1 is 1.13 bits per heavy atom. The molecular weight excluding hydrogens is 424 g/mol. The van der Waals surface area contributed by atoms with Gasteiger partial charge in [-0.05, 0) is 17.7 Å². The van der Waals surface area contributed by atoms with Crippen molar-refractivity contribution in [1.29, 1.82) is 0 Å². The van der Waals surface area contributed by atoms with Crippen molar-refractivity contribution >= 4 is 46.7 Å². The van der Waals surface area contributed by atoms with Crippen LogP contribution in [0.5, 0.6) is 0 Å². The normalized spacial score (nSPS) is 15.2. The summed E-state index contributed by atoms with van der Waals surface area (Å²) in [6, 6.07) is 16.5. The summed E-state index contributed by atoms with van der Waals surface area (Å²) in [5, 5.41) is 6.04. The van der Waals surface area contributed by atoms with E-state index in [-0.39, 0.29) is 23.7 Å². The average Bonchev–Trinajstić information content (AvgIpc) is 2.73. The number of halogens is 1. The van der Waals surface area contributed by atoms with E-state index in [4.69, 9.17) is 11.6 Å². The van der Waals surface area contributed by atoms with Crippen LogP contribution >= 0.6 is 23.4 Å². The van der Waals surface area contributed by atoms with Crippen LogP contribution < -0.4 is 16.2 Å². The molecule has 2 aromatic carbocycles. The first-order valence-corrected chi connectivity index (χ1v) is 10.5. The molecule has 0 radical (unpaired) electrons. The van der Waals surface area contributed by atoms with E-state index < -0.39 is 17.4 Å². The van der Waals surface area contributed by atoms with Crippen molar-refractivity contribution in [3.05, 3.63) is 81.1 Å². The molecule has 0 spiro atoms. The first kappa shape index (κ1) is 20.2. The maximum atomic E-state index is 12.8. The van der Waals surface area contributed by atoms with Crippen LogP contribution in [0.2, 0.25) is 5.02 Å². The van der Waals surface area contributed by atoms with E-state index in [2.05, 4.69) is 20.6 Å². The Morgan fingerprint density at radius 2 is 1.87 bits per heavy atom. The molecule has 1 aliphatic heterocycles. The van der Waals surface area contributed by atoms with Crippen LogP contribution in [0.25, 0.3) is 0 Å². The number of rotatable bonds is 5. The highest BCUT2D eigenvalue weighted by atomic mass is 35.5. The summed E-state index contributed by atoms with van der Waals surface area (Å²) in [5.41, 5.74) is 1.18. The number of benzene rings is 2. The number of fused-ring (bicyclic) bond motifs is 1. The van der Waals surface area contributed by atoms with Crippen LogP contribution in [0.1, 0.15) is 23.5 Å². The van der Waals surface area contributed by atoms with Crippen LogP contribution in [0.4, 0.5) is 11.5 Å². The van der Waals surface area contributed by atoms with Gasteiger partial charge in [0.25, 0.3) is 5.56 Å². The quantitative estimate of drug-likeness (QED) is 0.413. The number of H-pyrrole nitrogens is 1. The van der Waals surface area contributed by atoms with E-state index in [0.717, 1.165) is 5.56 Å². The molecule has 0 saturated carbocycles. The van der Waals surface area contributed by atoms with Gasteiger partial charge in [-0.1, -0.05) is 65.8 Å². The molecule has 152 valence electrons. The zero-order valence-corrected chi connectivity index (χ0v) is 17.2. The predicted octanol–water partition coefficient (Wildman–Crippen LogP) is 3.78. The Bertz CT molecular complexity index is 1170. The van der Waals surface area contributed by atoms with Gasteiger partial charge in [-0.15, -0.1) is 0 Å². The lowest BCUT2D eigenvalue weighted by Gasteiger charge is -2.23. The van der Waals surface area contributed by atoms with Crippen molar-refractivity contribution in [2.45, 2.75) is 23.2 Å². The van der Waals surface area contributed by atoms with Crippen molar-refractivity contribution in [1.82, 2.24) is 9.97 Å². The Labute approximate surface area is 181 Å². The number of aromatic nitrogens is 2. The van der Waals surface area contributed by atoms with Gasteiger partial charge in [0.05, 0.1) is 22.2 Å². The molecule has 0 aliphatic carbocycles. The molecule has 1 aliphatic rings. The van der Waals surface area contributed by atoms with E-state index in [1.807, 2.05) is 30.3 Å². The highest BCUT2D eigenvalue weighted by molar-refractivity contribution is 7.98. The maximum Gasteiger partial charge on any atom is 0.257 e. The first-order valence-electron chi connectivity index (χ1n) is 9.17. The standard InChI is InChI=1S/C21H17ClN4O3S/c22-14-8-4-5-9-15(14)23-19(28)13-10-16(27)24-18-17(13)20(29)26-21(25-18)30-11-12-6-2-1-3-7-12/h1-9,13H,10-11H2,(H,23,28)(H2,24,25,26,27,29). The fourth-order valence-electron chi connectivity index (χ4n) is 3.15. The molecule has 2 heterocycles. The summed E-state index contributed by atoms with van der Waals surface area (Å²) in [6.07, 6.45) is -0.148. The summed E-state index contributed by atoms with van der Waals surface area (Å²) in [4.78, 5) is 44.9. The maximum absolute atomic E-state index is 12.8. The summed E-state index contributed by atoms with van der Waals surface area (Å²) in [7, 11) is 0. The molecule has 1 aromatic heterocycles. The summed E-state index contributed by atoms with van der Waals surface area (Å²) < 4.78 is 0. The molecular formula is C21H17ClN4O3S. The Balaban J connectivity index is 1.59. The van der Waals surface area contributed by atoms with Crippen molar-refractivity contribution in [2.75, 3.05) is 10.6 Å². The van der Waals surface area contributed by atoms with Gasteiger partial charge in [0.2, 0.25) is 11.8 Å². The lowest BCUT2D eigenvalue weighted by Crippen LogP contribution is -2.36. The van der Waals surface area contributed by atoms with Gasteiger partial charge in [-0.3, -0.25) is 14.4 Å². The predicted molar refractivity (Wildman–Crippen MR) is 117 cm³/mol. The van der Waals surface area contributed by atoms with Gasteiger partial charge < -0.3 is 15.6 Å². The number of amides is 2. The average molecular weight is 441 g/mol. The second-order valence-electron chi connectivity index (χ2n) is 6.68. The molecule has 3 N–H and O–H groups in total. The molecule has 0 fully saturated rings. The minimum absolute atomic E-state index is 0.116. The van der Waals surface area contributed by atoms with Crippen molar-refractivity contribution in [2.24, 2.45) is 0 Å². The van der Waals surface area contributed by atoms with E-state index >= 15 is 0 Å². The number of para-hydroxylation sites is 1. The zero-order valence-electron chi connectivity index (χ0n) is 15.6. The van der Waals surface area contributed by atoms with Gasteiger partial charge in [0.15, 0.2) is 5.16 Å². The topological polar surface area (TPSA) is 104 Å². The van der Waals surface area contributed by atoms with Crippen molar-refractivity contribution < 1.29 is 9.59 Å². The molecule has 1 atom stereocenters. The number of aromatic amines is 1. The lowest BCUT2D eigenvalue weighted by molar-refractivity contribution is -0.123. The van der Waals surface area contributed by atoms with E-state index in [1.54, 1.807) is 24.3 Å². The third-order valence-corrected chi connectivity index (χ3v) is 5.87. The molecule has 9 heteroatoms. The number of nitrogens with one attached hydrogen (secondary N) is 3. The Kier molecular flexibility index (Phi) is 5.87. The number of carbonyl (C=O) groups excluding carboxylic acids is 2. The smallest absolute Gasteiger partial charge is 0.257 e. The molecule has 7 nitrogen and oxygen atoms in total. The molecule has 30 heavy (non-hydrogen) atoms. The SMILES string of the molecule is O=C1CC(C(=O)Nc2ccccc2Cl)c2c(nc(SCc3ccccc3)[nH]c2=O)N1. The Hall–Kier alpha value is -3.10. The van der Waals surface area contributed by atoms with Crippen molar-refractivity contribution in [3.63, 3.8) is 0 Å². The van der Waals surface area contributed by atoms with Crippen LogP contribution in [0.15, 0.2) is 64.5 Å². The molecule has 2 amide bonds. The first-order chi connectivity index (χ1) is 14.5. The second-order valence-corrected chi connectivity index (χ2v) is 8.05. The molecule has 4 rings (SSSR count). The van der Waals surface area contributed by atoms with E-state index in [0.29, 0.717) is 21.6 Å². The number of hydrogen-bond donors (Lipinski definition) is 3. The van der Waals surface area contributed by atoms with Gasteiger partial charge in [0.1, 0.15) is 5.82 Å². The summed E-state index contributed by atoms with van der Waals surface area (Å²) in [5.74, 6) is -1.11. The van der Waals surface area contributed by atoms with Gasteiger partial charge in [-0.2, -0.15) is 0 Å². The molecule has 1 unspecified atom stereocenters. The van der Waals surface area contributed by atoms with Gasteiger partial charge in [0, 0.05) is 12.2 Å². The van der Waals surface area contributed by atoms with Crippen molar-refractivity contribution in [3.8, 4) is 0 Å². The van der Waals surface area contributed by atoms with E-state index in [1.165, 1.54) is 11.8 Å². The fourth-order valence-corrected chi connectivity index (χ4v) is 4.15. The highest BCUT2D eigenvalue weighted by Gasteiger charge is 2.35. The van der Waals surface area contributed by atoms with Gasteiger partial charge in [-0.25, -0.2) is 4.98 Å². The van der Waals surface area contributed by atoms with E-state index in [9.17, 15) is 14.4 Å². The van der Waals surface area contributed by atoms with Gasteiger partial charge >= 0.3 is 0 Å². The number of nitrogens with zero attached hydrogens (tertiary/aromatic N) is 1. The molecule has 3 aromatic rings. The third kappa shape index (κ3) is 4.39. The highest BCUT2D eigenvalue weighted by Crippen LogP contribution is 2.31. The number of thioether (sulfide) groups is 1. The minimum atomic E-state index is -0.963.